The van der Waals surface area contributed by atoms with E-state index in [9.17, 15) is 14.7 Å². The number of carbonyl (C=O) groups is 2. The van der Waals surface area contributed by atoms with Crippen LogP contribution in [-0.2, 0) is 24.3 Å². The summed E-state index contributed by atoms with van der Waals surface area (Å²) in [6.45, 7) is 5.38. The summed E-state index contributed by atoms with van der Waals surface area (Å²) < 4.78 is 6.94. The number of fused-ring (bicyclic) bond motifs is 1. The van der Waals surface area contributed by atoms with Gasteiger partial charge in [-0.3, -0.25) is 9.48 Å². The number of methoxy groups -OCH3 is 1. The average Bonchev–Trinajstić information content (AvgIpc) is 3.06. The van der Waals surface area contributed by atoms with Crippen molar-refractivity contribution in [3.8, 4) is 5.75 Å². The molecule has 28 heavy (non-hydrogen) atoms. The first kappa shape index (κ1) is 19.9. The van der Waals surface area contributed by atoms with Crippen LogP contribution < -0.4 is 4.74 Å². The van der Waals surface area contributed by atoms with Gasteiger partial charge in [-0.1, -0.05) is 32.4 Å². The number of amides is 1. The molecule has 2 heterocycles. The summed E-state index contributed by atoms with van der Waals surface area (Å²) in [5, 5.41) is 14.0. The lowest BCUT2D eigenvalue weighted by Crippen LogP contribution is -2.39. The topological polar surface area (TPSA) is 84.7 Å². The van der Waals surface area contributed by atoms with Crippen molar-refractivity contribution < 1.29 is 19.4 Å². The highest BCUT2D eigenvalue weighted by atomic mass is 16.5. The molecule has 1 aliphatic rings. The van der Waals surface area contributed by atoms with E-state index in [0.717, 1.165) is 29.8 Å². The minimum Gasteiger partial charge on any atom is -0.497 e. The third kappa shape index (κ3) is 4.03. The van der Waals surface area contributed by atoms with E-state index in [-0.39, 0.29) is 17.5 Å². The normalized spacial score (nSPS) is 14.5. The van der Waals surface area contributed by atoms with Crippen LogP contribution in [-0.4, -0.2) is 45.3 Å². The second-order valence-electron chi connectivity index (χ2n) is 7.28. The van der Waals surface area contributed by atoms with Gasteiger partial charge in [-0.25, -0.2) is 4.79 Å². The van der Waals surface area contributed by atoms with Gasteiger partial charge in [0.15, 0.2) is 5.69 Å². The van der Waals surface area contributed by atoms with Gasteiger partial charge in [0, 0.05) is 36.7 Å². The van der Waals surface area contributed by atoms with Gasteiger partial charge in [0.05, 0.1) is 13.7 Å². The van der Waals surface area contributed by atoms with Crippen molar-refractivity contribution in [2.75, 3.05) is 13.7 Å². The smallest absolute Gasteiger partial charge is 0.356 e. The van der Waals surface area contributed by atoms with Gasteiger partial charge in [-0.15, -0.1) is 0 Å². The molecule has 0 radical (unpaired) electrons. The van der Waals surface area contributed by atoms with Crippen molar-refractivity contribution in [2.45, 2.75) is 46.2 Å². The quantitative estimate of drug-likeness (QED) is 0.792. The van der Waals surface area contributed by atoms with Crippen molar-refractivity contribution in [3.63, 3.8) is 0 Å². The maximum absolute atomic E-state index is 12.7. The predicted molar refractivity (Wildman–Crippen MR) is 104 cm³/mol. The number of nitrogens with zero attached hydrogens (tertiary/aromatic N) is 3. The van der Waals surface area contributed by atoms with Crippen molar-refractivity contribution >= 4 is 11.9 Å². The summed E-state index contributed by atoms with van der Waals surface area (Å²) in [6, 6.07) is 7.63. The van der Waals surface area contributed by atoms with Crippen molar-refractivity contribution in [3.05, 3.63) is 46.8 Å². The van der Waals surface area contributed by atoms with E-state index in [2.05, 4.69) is 12.0 Å². The highest BCUT2D eigenvalue weighted by molar-refractivity contribution is 5.88. The summed E-state index contributed by atoms with van der Waals surface area (Å²) in [4.78, 5) is 26.2. The molecule has 7 heteroatoms. The standard InChI is InChI=1S/C21H27N3O4/c1-4-5-14(2)20(25)23-11-10-18-17(13-23)19(21(26)27)22-24(18)12-15-6-8-16(28-3)9-7-15/h6-9,14H,4-5,10-13H2,1-3H3,(H,26,27)/t14-/m1/s1. The molecule has 0 saturated heterocycles. The number of aromatic carboxylic acids is 1. The van der Waals surface area contributed by atoms with Gasteiger partial charge >= 0.3 is 5.97 Å². The molecule has 3 rings (SSSR count). The number of carbonyl (C=O) groups excluding carboxylic acids is 1. The van der Waals surface area contributed by atoms with E-state index in [1.807, 2.05) is 31.2 Å². The number of benzene rings is 1. The van der Waals surface area contributed by atoms with E-state index in [1.165, 1.54) is 0 Å². The Labute approximate surface area is 164 Å². The highest BCUT2D eigenvalue weighted by Gasteiger charge is 2.31. The van der Waals surface area contributed by atoms with Gasteiger partial charge in [0.25, 0.3) is 0 Å². The number of rotatable bonds is 7. The largest absolute Gasteiger partial charge is 0.497 e. The lowest BCUT2D eigenvalue weighted by Gasteiger charge is -2.30. The van der Waals surface area contributed by atoms with Crippen molar-refractivity contribution in [1.82, 2.24) is 14.7 Å². The molecular formula is C21H27N3O4. The number of hydrogen-bond donors (Lipinski definition) is 1. The van der Waals surface area contributed by atoms with Crippen LogP contribution in [0.4, 0.5) is 0 Å². The molecule has 0 unspecified atom stereocenters. The summed E-state index contributed by atoms with van der Waals surface area (Å²) in [7, 11) is 1.62. The molecule has 0 aliphatic carbocycles. The lowest BCUT2D eigenvalue weighted by atomic mass is 10.00. The molecule has 1 aliphatic heterocycles. The lowest BCUT2D eigenvalue weighted by molar-refractivity contribution is -0.136. The van der Waals surface area contributed by atoms with E-state index >= 15 is 0 Å². The average molecular weight is 385 g/mol. The summed E-state index contributed by atoms with van der Waals surface area (Å²) in [5.41, 5.74) is 2.62. The van der Waals surface area contributed by atoms with Crippen LogP contribution in [0.5, 0.6) is 5.75 Å². The third-order valence-corrected chi connectivity index (χ3v) is 5.28. The molecular weight excluding hydrogens is 358 g/mol. The molecule has 1 aromatic heterocycles. The van der Waals surface area contributed by atoms with Gasteiger partial charge < -0.3 is 14.7 Å². The Morgan fingerprint density at radius 2 is 2.00 bits per heavy atom. The summed E-state index contributed by atoms with van der Waals surface area (Å²) in [5.74, 6) is -0.241. The second-order valence-corrected chi connectivity index (χ2v) is 7.28. The number of carboxylic acid groups (broad SMARTS) is 1. The number of hydrogen-bond acceptors (Lipinski definition) is 4. The zero-order valence-electron chi connectivity index (χ0n) is 16.6. The molecule has 0 fully saturated rings. The number of carboxylic acids is 1. The van der Waals surface area contributed by atoms with Crippen LogP contribution in [0.15, 0.2) is 24.3 Å². The first-order valence-corrected chi connectivity index (χ1v) is 9.68. The summed E-state index contributed by atoms with van der Waals surface area (Å²) in [6.07, 6.45) is 2.40. The van der Waals surface area contributed by atoms with Crippen LogP contribution in [0.2, 0.25) is 0 Å². The van der Waals surface area contributed by atoms with Gasteiger partial charge in [-0.2, -0.15) is 5.10 Å². The van der Waals surface area contributed by atoms with Crippen LogP contribution in [0, 0.1) is 5.92 Å². The van der Waals surface area contributed by atoms with E-state index in [4.69, 9.17) is 4.74 Å². The number of aromatic nitrogens is 2. The van der Waals surface area contributed by atoms with E-state index < -0.39 is 5.97 Å². The van der Waals surface area contributed by atoms with E-state index in [1.54, 1.807) is 16.7 Å². The van der Waals surface area contributed by atoms with Crippen LogP contribution in [0.3, 0.4) is 0 Å². The van der Waals surface area contributed by atoms with Gasteiger partial charge in [0.1, 0.15) is 5.75 Å². The van der Waals surface area contributed by atoms with Gasteiger partial charge in [-0.05, 0) is 24.1 Å². The molecule has 1 N–H and O–H groups in total. The fraction of sp³-hybridized carbons (Fsp3) is 0.476. The van der Waals surface area contributed by atoms with Crippen LogP contribution in [0.25, 0.3) is 0 Å². The fourth-order valence-corrected chi connectivity index (χ4v) is 3.75. The minimum atomic E-state index is -1.05. The molecule has 0 spiro atoms. The molecule has 0 bridgehead atoms. The molecule has 2 aromatic rings. The Bertz CT molecular complexity index is 857. The molecule has 150 valence electrons. The Hall–Kier alpha value is -2.83. The molecule has 1 atom stereocenters. The molecule has 1 aromatic carbocycles. The third-order valence-electron chi connectivity index (χ3n) is 5.28. The van der Waals surface area contributed by atoms with Crippen molar-refractivity contribution in [1.29, 1.82) is 0 Å². The zero-order valence-corrected chi connectivity index (χ0v) is 16.6. The van der Waals surface area contributed by atoms with Crippen LogP contribution in [0.1, 0.15) is 54.0 Å². The Morgan fingerprint density at radius 1 is 1.29 bits per heavy atom. The Morgan fingerprint density at radius 3 is 2.61 bits per heavy atom. The van der Waals surface area contributed by atoms with Crippen LogP contribution >= 0.6 is 0 Å². The predicted octanol–water partition coefficient (Wildman–Crippen LogP) is 2.96. The Kier molecular flexibility index (Phi) is 6.02. The molecule has 7 nitrogen and oxygen atoms in total. The maximum Gasteiger partial charge on any atom is 0.356 e. The zero-order chi connectivity index (χ0) is 20.3. The molecule has 1 amide bonds. The van der Waals surface area contributed by atoms with Gasteiger partial charge in [0.2, 0.25) is 5.91 Å². The fourth-order valence-electron chi connectivity index (χ4n) is 3.75. The second kappa shape index (κ2) is 8.46. The maximum atomic E-state index is 12.7. The minimum absolute atomic E-state index is 0.0455. The first-order valence-electron chi connectivity index (χ1n) is 9.68. The summed E-state index contributed by atoms with van der Waals surface area (Å²) >= 11 is 0. The first-order chi connectivity index (χ1) is 13.4. The Balaban J connectivity index is 1.85. The monoisotopic (exact) mass is 385 g/mol. The highest BCUT2D eigenvalue weighted by Crippen LogP contribution is 2.26. The van der Waals surface area contributed by atoms with Crippen molar-refractivity contribution in [2.24, 2.45) is 5.92 Å². The molecule has 0 saturated carbocycles. The van der Waals surface area contributed by atoms with E-state index in [0.29, 0.717) is 31.6 Å². The number of ether oxygens (including phenoxy) is 1. The SMILES string of the molecule is CCC[C@@H](C)C(=O)N1CCc2c(c(C(=O)O)nn2Cc2ccc(OC)cc2)C1.